The fourth-order valence-electron chi connectivity index (χ4n) is 2.36. The summed E-state index contributed by atoms with van der Waals surface area (Å²) < 4.78 is 15.9. The molecule has 2 amide bonds. The van der Waals surface area contributed by atoms with Crippen molar-refractivity contribution in [3.8, 4) is 17.2 Å². The number of carbonyl (C=O) groups is 2. The zero-order valence-electron chi connectivity index (χ0n) is 15.5. The van der Waals surface area contributed by atoms with Gasteiger partial charge in [-0.25, -0.2) is 0 Å². The average Bonchev–Trinajstić information content (AvgIpc) is 2.70. The van der Waals surface area contributed by atoms with Crippen LogP contribution in [0.2, 0.25) is 0 Å². The standard InChI is InChI=1S/C20H24N2O5/c1-25-17-11-10-15(13-18(17)26-2)14-20(24)22-21-19(23)9-6-12-27-16-7-4-3-5-8-16/h3-5,7-8,10-11,13H,6,9,12,14H2,1-2H3,(H,21,23)(H,22,24). The van der Waals surface area contributed by atoms with E-state index in [0.717, 1.165) is 11.3 Å². The first-order valence-corrected chi connectivity index (χ1v) is 8.59. The van der Waals surface area contributed by atoms with Crippen LogP contribution in [0.4, 0.5) is 0 Å². The van der Waals surface area contributed by atoms with E-state index in [1.165, 1.54) is 7.11 Å². The Kier molecular flexibility index (Phi) is 7.96. The maximum Gasteiger partial charge on any atom is 0.242 e. The lowest BCUT2D eigenvalue weighted by atomic mass is 10.1. The Hall–Kier alpha value is -3.22. The maximum absolute atomic E-state index is 12.0. The van der Waals surface area contributed by atoms with Crippen LogP contribution in [-0.4, -0.2) is 32.6 Å². The Morgan fingerprint density at radius 3 is 2.30 bits per heavy atom. The third kappa shape index (κ3) is 6.89. The molecule has 0 saturated heterocycles. The van der Waals surface area contributed by atoms with Gasteiger partial charge in [0.15, 0.2) is 11.5 Å². The van der Waals surface area contributed by atoms with Crippen molar-refractivity contribution in [1.82, 2.24) is 10.9 Å². The van der Waals surface area contributed by atoms with Gasteiger partial charge in [-0.05, 0) is 36.2 Å². The Balaban J connectivity index is 1.66. The van der Waals surface area contributed by atoms with Crippen LogP contribution in [0.5, 0.6) is 17.2 Å². The molecule has 0 heterocycles. The first-order valence-electron chi connectivity index (χ1n) is 8.59. The van der Waals surface area contributed by atoms with Crippen molar-refractivity contribution in [1.29, 1.82) is 0 Å². The normalized spacial score (nSPS) is 10.0. The summed E-state index contributed by atoms with van der Waals surface area (Å²) in [6.45, 7) is 0.428. The molecule has 7 heteroatoms. The number of ether oxygens (including phenoxy) is 3. The molecular weight excluding hydrogens is 348 g/mol. The van der Waals surface area contributed by atoms with Crippen molar-refractivity contribution < 1.29 is 23.8 Å². The largest absolute Gasteiger partial charge is 0.494 e. The number of amides is 2. The van der Waals surface area contributed by atoms with Gasteiger partial charge >= 0.3 is 0 Å². The summed E-state index contributed by atoms with van der Waals surface area (Å²) in [6, 6.07) is 14.6. The van der Waals surface area contributed by atoms with Crippen molar-refractivity contribution in [2.75, 3.05) is 20.8 Å². The fourth-order valence-corrected chi connectivity index (χ4v) is 2.36. The molecule has 7 nitrogen and oxygen atoms in total. The van der Waals surface area contributed by atoms with Gasteiger partial charge in [-0.3, -0.25) is 20.4 Å². The lowest BCUT2D eigenvalue weighted by Gasteiger charge is -2.10. The molecule has 0 atom stereocenters. The quantitative estimate of drug-likeness (QED) is 0.521. The van der Waals surface area contributed by atoms with E-state index in [1.54, 1.807) is 25.3 Å². The topological polar surface area (TPSA) is 85.9 Å². The first-order chi connectivity index (χ1) is 13.1. The van der Waals surface area contributed by atoms with Crippen molar-refractivity contribution in [3.05, 3.63) is 54.1 Å². The number of methoxy groups -OCH3 is 2. The minimum atomic E-state index is -0.323. The lowest BCUT2D eigenvalue weighted by molar-refractivity contribution is -0.128. The SMILES string of the molecule is COc1ccc(CC(=O)NNC(=O)CCCOc2ccccc2)cc1OC. The van der Waals surface area contributed by atoms with E-state index in [-0.39, 0.29) is 24.7 Å². The Morgan fingerprint density at radius 1 is 0.889 bits per heavy atom. The summed E-state index contributed by atoms with van der Waals surface area (Å²) in [4.78, 5) is 23.7. The van der Waals surface area contributed by atoms with Crippen molar-refractivity contribution >= 4 is 11.8 Å². The van der Waals surface area contributed by atoms with Crippen LogP contribution >= 0.6 is 0 Å². The Labute approximate surface area is 158 Å². The molecule has 2 aromatic carbocycles. The zero-order valence-corrected chi connectivity index (χ0v) is 15.5. The van der Waals surface area contributed by atoms with Gasteiger partial charge in [-0.15, -0.1) is 0 Å². The lowest BCUT2D eigenvalue weighted by Crippen LogP contribution is -2.42. The Morgan fingerprint density at radius 2 is 1.59 bits per heavy atom. The van der Waals surface area contributed by atoms with E-state index in [0.29, 0.717) is 24.5 Å². The van der Waals surface area contributed by atoms with Crippen LogP contribution in [0, 0.1) is 0 Å². The summed E-state index contributed by atoms with van der Waals surface area (Å²) in [6.07, 6.45) is 0.910. The van der Waals surface area contributed by atoms with Crippen LogP contribution in [0.25, 0.3) is 0 Å². The number of nitrogens with one attached hydrogen (secondary N) is 2. The van der Waals surface area contributed by atoms with Crippen molar-refractivity contribution in [2.24, 2.45) is 0 Å². The fraction of sp³-hybridized carbons (Fsp3) is 0.300. The summed E-state index contributed by atoms with van der Waals surface area (Å²) in [5, 5.41) is 0. The average molecular weight is 372 g/mol. The number of benzene rings is 2. The van der Waals surface area contributed by atoms with E-state index in [2.05, 4.69) is 10.9 Å². The van der Waals surface area contributed by atoms with Gasteiger partial charge in [-0.1, -0.05) is 24.3 Å². The highest BCUT2D eigenvalue weighted by Gasteiger charge is 2.09. The van der Waals surface area contributed by atoms with E-state index < -0.39 is 0 Å². The smallest absolute Gasteiger partial charge is 0.242 e. The summed E-state index contributed by atoms with van der Waals surface area (Å²) >= 11 is 0. The molecule has 0 saturated carbocycles. The van der Waals surface area contributed by atoms with Crippen LogP contribution in [0.3, 0.4) is 0 Å². The van der Waals surface area contributed by atoms with Crippen LogP contribution in [0.1, 0.15) is 18.4 Å². The van der Waals surface area contributed by atoms with E-state index >= 15 is 0 Å². The second-order valence-electron chi connectivity index (χ2n) is 5.73. The third-order valence-corrected chi connectivity index (χ3v) is 3.71. The number of carbonyl (C=O) groups excluding carboxylic acids is 2. The number of hydrogen-bond acceptors (Lipinski definition) is 5. The molecule has 0 aliphatic heterocycles. The van der Waals surface area contributed by atoms with Crippen LogP contribution < -0.4 is 25.1 Å². The summed E-state index contributed by atoms with van der Waals surface area (Å²) in [5.74, 6) is 1.31. The highest BCUT2D eigenvalue weighted by molar-refractivity contribution is 5.83. The highest BCUT2D eigenvalue weighted by Crippen LogP contribution is 2.27. The molecule has 2 N–H and O–H groups in total. The van der Waals surface area contributed by atoms with Gasteiger partial charge in [0.2, 0.25) is 11.8 Å². The summed E-state index contributed by atoms with van der Waals surface area (Å²) in [5.41, 5.74) is 5.55. The monoisotopic (exact) mass is 372 g/mol. The van der Waals surface area contributed by atoms with Gasteiger partial charge in [0, 0.05) is 6.42 Å². The van der Waals surface area contributed by atoms with Crippen molar-refractivity contribution in [2.45, 2.75) is 19.3 Å². The van der Waals surface area contributed by atoms with Crippen LogP contribution in [0.15, 0.2) is 48.5 Å². The predicted molar refractivity (Wildman–Crippen MR) is 101 cm³/mol. The molecule has 0 aromatic heterocycles. The maximum atomic E-state index is 12.0. The molecular formula is C20H24N2O5. The molecule has 0 bridgehead atoms. The minimum absolute atomic E-state index is 0.109. The van der Waals surface area contributed by atoms with Crippen molar-refractivity contribution in [3.63, 3.8) is 0 Å². The van der Waals surface area contributed by atoms with E-state index in [9.17, 15) is 9.59 Å². The van der Waals surface area contributed by atoms with Gasteiger partial charge in [0.25, 0.3) is 0 Å². The zero-order chi connectivity index (χ0) is 19.5. The highest BCUT2D eigenvalue weighted by atomic mass is 16.5. The second-order valence-corrected chi connectivity index (χ2v) is 5.73. The van der Waals surface area contributed by atoms with E-state index in [1.807, 2.05) is 30.3 Å². The Bertz CT molecular complexity index is 749. The van der Waals surface area contributed by atoms with Crippen LogP contribution in [-0.2, 0) is 16.0 Å². The minimum Gasteiger partial charge on any atom is -0.494 e. The molecule has 0 spiro atoms. The molecule has 144 valence electrons. The number of hydrogen-bond donors (Lipinski definition) is 2. The second kappa shape index (κ2) is 10.7. The van der Waals surface area contributed by atoms with Gasteiger partial charge in [0.05, 0.1) is 27.2 Å². The molecule has 0 aliphatic carbocycles. The molecule has 0 aliphatic rings. The first kappa shape index (κ1) is 20.1. The molecule has 0 fully saturated rings. The van der Waals surface area contributed by atoms with Gasteiger partial charge in [-0.2, -0.15) is 0 Å². The predicted octanol–water partition coefficient (Wildman–Crippen LogP) is 2.25. The molecule has 2 rings (SSSR count). The molecule has 0 unspecified atom stereocenters. The third-order valence-electron chi connectivity index (χ3n) is 3.71. The molecule has 2 aromatic rings. The molecule has 0 radical (unpaired) electrons. The van der Waals surface area contributed by atoms with Gasteiger partial charge in [0.1, 0.15) is 5.75 Å². The number of rotatable bonds is 9. The van der Waals surface area contributed by atoms with Gasteiger partial charge < -0.3 is 14.2 Å². The summed E-state index contributed by atoms with van der Waals surface area (Å²) in [7, 11) is 3.08. The number of hydrazine groups is 1. The number of para-hydroxylation sites is 1. The van der Waals surface area contributed by atoms with E-state index in [4.69, 9.17) is 14.2 Å². The molecule has 27 heavy (non-hydrogen) atoms.